The maximum absolute atomic E-state index is 13.6. The van der Waals surface area contributed by atoms with Crippen LogP contribution in [0.1, 0.15) is 12.5 Å². The van der Waals surface area contributed by atoms with Gasteiger partial charge in [0.25, 0.3) is 0 Å². The molecule has 19 heavy (non-hydrogen) atoms. The molecule has 6 heteroatoms. The van der Waals surface area contributed by atoms with E-state index in [4.69, 9.17) is 10.00 Å². The Hall–Kier alpha value is -2.42. The lowest BCUT2D eigenvalue weighted by Crippen LogP contribution is -2.06. The molecule has 0 spiro atoms. The fourth-order valence-electron chi connectivity index (χ4n) is 1.31. The third-order valence-electron chi connectivity index (χ3n) is 2.19. The molecule has 0 unspecified atom stereocenters. The summed E-state index contributed by atoms with van der Waals surface area (Å²) in [5.74, 6) is -2.80. The molecule has 1 rings (SSSR count). The van der Waals surface area contributed by atoms with E-state index in [0.717, 1.165) is 18.2 Å². The second-order valence-corrected chi connectivity index (χ2v) is 3.40. The predicted octanol–water partition coefficient (Wildman–Crippen LogP) is 2.44. The first-order valence-corrected chi connectivity index (χ1v) is 5.35. The molecular weight excluding hydrogens is 256 g/mol. The zero-order valence-electron chi connectivity index (χ0n) is 10.4. The van der Waals surface area contributed by atoms with E-state index < -0.39 is 28.7 Å². The van der Waals surface area contributed by atoms with Crippen molar-refractivity contribution in [2.75, 3.05) is 13.7 Å². The van der Waals surface area contributed by atoms with E-state index in [9.17, 15) is 13.6 Å². The van der Waals surface area contributed by atoms with Crippen molar-refractivity contribution in [1.29, 1.82) is 5.26 Å². The van der Waals surface area contributed by atoms with Gasteiger partial charge in [-0.1, -0.05) is 0 Å². The van der Waals surface area contributed by atoms with E-state index in [0.29, 0.717) is 0 Å². The maximum atomic E-state index is 13.6. The average molecular weight is 267 g/mol. The number of ether oxygens (including phenoxy) is 2. The number of benzene rings is 1. The number of hydrogen-bond donors (Lipinski definition) is 0. The number of nitriles is 1. The first kappa shape index (κ1) is 14.6. The van der Waals surface area contributed by atoms with Gasteiger partial charge in [-0.2, -0.15) is 5.26 Å². The zero-order chi connectivity index (χ0) is 14.4. The Balaban J connectivity index is 3.23. The fraction of sp³-hybridized carbons (Fsp3) is 0.231. The first-order valence-electron chi connectivity index (χ1n) is 5.35. The number of carbonyl (C=O) groups is 1. The van der Waals surface area contributed by atoms with Crippen molar-refractivity contribution < 1.29 is 23.0 Å². The highest BCUT2D eigenvalue weighted by molar-refractivity contribution is 5.97. The molecule has 1 aromatic carbocycles. The number of carbonyl (C=O) groups excluding carboxylic acids is 1. The summed E-state index contributed by atoms with van der Waals surface area (Å²) in [6, 6.07) is 3.45. The molecule has 0 aliphatic carbocycles. The number of rotatable bonds is 4. The molecule has 0 fully saturated rings. The number of halogens is 2. The minimum absolute atomic E-state index is 0.00166. The lowest BCUT2D eigenvalue weighted by Gasteiger charge is -2.05. The van der Waals surface area contributed by atoms with Crippen LogP contribution in [0.4, 0.5) is 8.78 Å². The Morgan fingerprint density at radius 2 is 2.00 bits per heavy atom. The van der Waals surface area contributed by atoms with Crippen LogP contribution in [-0.2, 0) is 9.53 Å². The van der Waals surface area contributed by atoms with Gasteiger partial charge in [0.05, 0.1) is 13.7 Å². The summed E-state index contributed by atoms with van der Waals surface area (Å²) >= 11 is 0. The molecule has 0 aromatic heterocycles. The average Bonchev–Trinajstić information content (AvgIpc) is 2.38. The van der Waals surface area contributed by atoms with Gasteiger partial charge in [0.1, 0.15) is 29.0 Å². The summed E-state index contributed by atoms with van der Waals surface area (Å²) in [5, 5.41) is 8.78. The SMILES string of the molecule is CCOC(=O)/C(C#N)=C/c1c(F)cc(OC)cc1F. The second kappa shape index (κ2) is 6.50. The Bertz CT molecular complexity index is 538. The third-order valence-corrected chi connectivity index (χ3v) is 2.19. The van der Waals surface area contributed by atoms with Gasteiger partial charge in [-0.05, 0) is 13.0 Å². The van der Waals surface area contributed by atoms with Crippen LogP contribution in [0.3, 0.4) is 0 Å². The van der Waals surface area contributed by atoms with Gasteiger partial charge in [0.2, 0.25) is 0 Å². The summed E-state index contributed by atoms with van der Waals surface area (Å²) in [7, 11) is 1.27. The van der Waals surface area contributed by atoms with Crippen molar-refractivity contribution in [2.24, 2.45) is 0 Å². The molecule has 4 nitrogen and oxygen atoms in total. The van der Waals surface area contributed by atoms with Crippen LogP contribution in [0.5, 0.6) is 5.75 Å². The van der Waals surface area contributed by atoms with Crippen LogP contribution in [0.25, 0.3) is 6.08 Å². The highest BCUT2D eigenvalue weighted by Crippen LogP contribution is 2.22. The molecule has 0 saturated carbocycles. The van der Waals surface area contributed by atoms with Crippen molar-refractivity contribution in [2.45, 2.75) is 6.92 Å². The fourth-order valence-corrected chi connectivity index (χ4v) is 1.31. The Labute approximate surface area is 108 Å². The van der Waals surface area contributed by atoms with Crippen LogP contribution in [-0.4, -0.2) is 19.7 Å². The van der Waals surface area contributed by atoms with Gasteiger partial charge in [-0.15, -0.1) is 0 Å². The highest BCUT2D eigenvalue weighted by atomic mass is 19.1. The first-order chi connectivity index (χ1) is 9.03. The minimum atomic E-state index is -0.936. The standard InChI is InChI=1S/C13H11F2NO3/c1-3-19-13(17)8(7-16)4-10-11(14)5-9(18-2)6-12(10)15/h4-6H,3H2,1-2H3/b8-4+. The number of methoxy groups -OCH3 is 1. The van der Waals surface area contributed by atoms with Gasteiger partial charge >= 0.3 is 5.97 Å². The van der Waals surface area contributed by atoms with Gasteiger partial charge in [-0.25, -0.2) is 13.6 Å². The van der Waals surface area contributed by atoms with E-state index in [-0.39, 0.29) is 12.4 Å². The molecule has 0 heterocycles. The smallest absolute Gasteiger partial charge is 0.348 e. The number of hydrogen-bond acceptors (Lipinski definition) is 4. The predicted molar refractivity (Wildman–Crippen MR) is 63.1 cm³/mol. The maximum Gasteiger partial charge on any atom is 0.348 e. The molecular formula is C13H11F2NO3. The summed E-state index contributed by atoms with van der Waals surface area (Å²) in [6.07, 6.45) is 0.808. The van der Waals surface area contributed by atoms with Crippen LogP contribution in [0, 0.1) is 23.0 Å². The molecule has 0 bridgehead atoms. The quantitative estimate of drug-likeness (QED) is 0.477. The van der Waals surface area contributed by atoms with Crippen LogP contribution in [0.2, 0.25) is 0 Å². The van der Waals surface area contributed by atoms with Crippen molar-refractivity contribution in [3.05, 3.63) is 34.9 Å². The van der Waals surface area contributed by atoms with E-state index >= 15 is 0 Å². The molecule has 0 aliphatic rings. The van der Waals surface area contributed by atoms with Gasteiger partial charge < -0.3 is 9.47 Å². The number of esters is 1. The Morgan fingerprint density at radius 3 is 2.42 bits per heavy atom. The topological polar surface area (TPSA) is 59.3 Å². The van der Waals surface area contributed by atoms with Gasteiger partial charge in [0, 0.05) is 17.7 Å². The monoisotopic (exact) mass is 267 g/mol. The largest absolute Gasteiger partial charge is 0.497 e. The van der Waals surface area contributed by atoms with E-state index in [1.807, 2.05) is 0 Å². The normalized spacial score (nSPS) is 10.8. The Kier molecular flexibility index (Phi) is 5.01. The molecule has 0 saturated heterocycles. The molecule has 0 aliphatic heterocycles. The zero-order valence-corrected chi connectivity index (χ0v) is 10.4. The van der Waals surface area contributed by atoms with Crippen LogP contribution < -0.4 is 4.74 Å². The molecule has 1 aromatic rings. The van der Waals surface area contributed by atoms with E-state index in [1.54, 1.807) is 13.0 Å². The number of nitrogens with zero attached hydrogens (tertiary/aromatic N) is 1. The van der Waals surface area contributed by atoms with Gasteiger partial charge in [0.15, 0.2) is 0 Å². The summed E-state index contributed by atoms with van der Waals surface area (Å²) in [6.45, 7) is 1.62. The van der Waals surface area contributed by atoms with Crippen molar-refractivity contribution in [3.8, 4) is 11.8 Å². The highest BCUT2D eigenvalue weighted by Gasteiger charge is 2.15. The van der Waals surface area contributed by atoms with Crippen LogP contribution in [0.15, 0.2) is 17.7 Å². The lowest BCUT2D eigenvalue weighted by atomic mass is 10.1. The molecule has 100 valence electrons. The lowest BCUT2D eigenvalue weighted by molar-refractivity contribution is -0.137. The van der Waals surface area contributed by atoms with Crippen molar-refractivity contribution >= 4 is 12.0 Å². The minimum Gasteiger partial charge on any atom is -0.497 e. The van der Waals surface area contributed by atoms with Crippen molar-refractivity contribution in [1.82, 2.24) is 0 Å². The molecule has 0 atom stereocenters. The van der Waals surface area contributed by atoms with Gasteiger partial charge in [-0.3, -0.25) is 0 Å². The molecule has 0 amide bonds. The van der Waals surface area contributed by atoms with Crippen LogP contribution >= 0.6 is 0 Å². The third kappa shape index (κ3) is 3.52. The summed E-state index contributed by atoms with van der Waals surface area (Å²) in [4.78, 5) is 11.3. The van der Waals surface area contributed by atoms with E-state index in [1.165, 1.54) is 7.11 Å². The molecule has 0 radical (unpaired) electrons. The van der Waals surface area contributed by atoms with E-state index in [2.05, 4.69) is 4.74 Å². The Morgan fingerprint density at radius 1 is 1.42 bits per heavy atom. The summed E-state index contributed by atoms with van der Waals surface area (Å²) in [5.41, 5.74) is -0.977. The molecule has 0 N–H and O–H groups in total. The van der Waals surface area contributed by atoms with Crippen molar-refractivity contribution in [3.63, 3.8) is 0 Å². The summed E-state index contributed by atoms with van der Waals surface area (Å²) < 4.78 is 36.5. The second-order valence-electron chi connectivity index (χ2n) is 3.40.